The van der Waals surface area contributed by atoms with Gasteiger partial charge in [-0.05, 0) is 25.5 Å². The van der Waals surface area contributed by atoms with E-state index in [0.717, 1.165) is 18.6 Å². The smallest absolute Gasteiger partial charge is 0.381 e. The maximum atomic E-state index is 12.6. The van der Waals surface area contributed by atoms with Crippen LogP contribution in [0.5, 0.6) is 0 Å². The van der Waals surface area contributed by atoms with Gasteiger partial charge in [-0.2, -0.15) is 18.4 Å². The van der Waals surface area contributed by atoms with E-state index in [2.05, 4.69) is 10.3 Å². The van der Waals surface area contributed by atoms with Gasteiger partial charge in [-0.1, -0.05) is 0 Å². The van der Waals surface area contributed by atoms with E-state index in [4.69, 9.17) is 10.00 Å². The number of anilines is 1. The molecule has 1 saturated heterocycles. The van der Waals surface area contributed by atoms with Gasteiger partial charge in [-0.25, -0.2) is 4.98 Å². The second-order valence-electron chi connectivity index (χ2n) is 4.76. The van der Waals surface area contributed by atoms with Crippen LogP contribution in [0.3, 0.4) is 0 Å². The molecule has 4 nitrogen and oxygen atoms in total. The predicted octanol–water partition coefficient (Wildman–Crippen LogP) is 2.81. The van der Waals surface area contributed by atoms with Gasteiger partial charge in [0.15, 0.2) is 0 Å². The molecule has 1 fully saturated rings. The topological polar surface area (TPSA) is 57.9 Å². The number of alkyl halides is 3. The Hall–Kier alpha value is -1.81. The van der Waals surface area contributed by atoms with Crippen LogP contribution in [0.15, 0.2) is 12.1 Å². The van der Waals surface area contributed by atoms with Gasteiger partial charge in [-0.15, -0.1) is 0 Å². The van der Waals surface area contributed by atoms with Crippen LogP contribution in [0.2, 0.25) is 0 Å². The van der Waals surface area contributed by atoms with Crippen molar-refractivity contribution in [3.8, 4) is 6.07 Å². The minimum absolute atomic E-state index is 0.0262. The number of nitrogens with one attached hydrogen (secondary N) is 1. The van der Waals surface area contributed by atoms with Crippen LogP contribution >= 0.6 is 0 Å². The fraction of sp³-hybridized carbons (Fsp3) is 0.538. The van der Waals surface area contributed by atoms with E-state index in [1.165, 1.54) is 0 Å². The van der Waals surface area contributed by atoms with Crippen LogP contribution < -0.4 is 5.32 Å². The van der Waals surface area contributed by atoms with Crippen LogP contribution in [0.1, 0.15) is 24.6 Å². The SMILES string of the molecule is CC(Nc1nc(C(F)(F)F)ccc1C#N)C1CCOC1. The van der Waals surface area contributed by atoms with Crippen molar-refractivity contribution in [2.24, 2.45) is 5.92 Å². The van der Waals surface area contributed by atoms with Crippen LogP contribution in [-0.4, -0.2) is 24.2 Å². The summed E-state index contributed by atoms with van der Waals surface area (Å²) in [6, 6.07) is 3.68. The molecule has 1 aromatic heterocycles. The fourth-order valence-corrected chi connectivity index (χ4v) is 2.10. The highest BCUT2D eigenvalue weighted by molar-refractivity contribution is 5.53. The number of rotatable bonds is 3. The van der Waals surface area contributed by atoms with Gasteiger partial charge in [0.05, 0.1) is 12.2 Å². The molecule has 0 aliphatic carbocycles. The molecule has 0 bridgehead atoms. The summed E-state index contributed by atoms with van der Waals surface area (Å²) in [5, 5.41) is 11.9. The molecule has 2 rings (SSSR count). The Labute approximate surface area is 114 Å². The Morgan fingerprint density at radius 2 is 2.25 bits per heavy atom. The number of aromatic nitrogens is 1. The molecule has 0 saturated carbocycles. The molecule has 2 unspecified atom stereocenters. The van der Waals surface area contributed by atoms with Crippen molar-refractivity contribution >= 4 is 5.82 Å². The zero-order valence-corrected chi connectivity index (χ0v) is 10.9. The Morgan fingerprint density at radius 1 is 1.50 bits per heavy atom. The second kappa shape index (κ2) is 5.67. The minimum atomic E-state index is -4.52. The minimum Gasteiger partial charge on any atom is -0.381 e. The molecule has 0 amide bonds. The average Bonchev–Trinajstić information content (AvgIpc) is 2.91. The second-order valence-corrected chi connectivity index (χ2v) is 4.76. The van der Waals surface area contributed by atoms with Crippen molar-refractivity contribution in [3.63, 3.8) is 0 Å². The van der Waals surface area contributed by atoms with E-state index in [-0.39, 0.29) is 23.3 Å². The van der Waals surface area contributed by atoms with E-state index in [1.54, 1.807) is 0 Å². The van der Waals surface area contributed by atoms with E-state index >= 15 is 0 Å². The number of pyridine rings is 1. The van der Waals surface area contributed by atoms with Crippen molar-refractivity contribution in [3.05, 3.63) is 23.4 Å². The van der Waals surface area contributed by atoms with Gasteiger partial charge in [-0.3, -0.25) is 0 Å². The predicted molar refractivity (Wildman–Crippen MR) is 66.0 cm³/mol. The molecular weight excluding hydrogens is 271 g/mol. The number of hydrogen-bond acceptors (Lipinski definition) is 4. The molecule has 1 aromatic rings. The Bertz CT molecular complexity index is 519. The van der Waals surface area contributed by atoms with Gasteiger partial charge in [0.1, 0.15) is 17.6 Å². The maximum Gasteiger partial charge on any atom is 0.433 e. The van der Waals surface area contributed by atoms with Crippen LogP contribution in [0, 0.1) is 17.2 Å². The van der Waals surface area contributed by atoms with Crippen LogP contribution in [0.25, 0.3) is 0 Å². The van der Waals surface area contributed by atoms with Crippen molar-refractivity contribution < 1.29 is 17.9 Å². The lowest BCUT2D eigenvalue weighted by Crippen LogP contribution is -2.27. The Kier molecular flexibility index (Phi) is 4.14. The molecule has 2 heterocycles. The van der Waals surface area contributed by atoms with Gasteiger partial charge in [0.25, 0.3) is 0 Å². The first-order chi connectivity index (χ1) is 9.41. The third-order valence-electron chi connectivity index (χ3n) is 3.34. The summed E-state index contributed by atoms with van der Waals surface area (Å²) in [6.07, 6.45) is -3.68. The summed E-state index contributed by atoms with van der Waals surface area (Å²) in [5.74, 6) is 0.180. The average molecular weight is 285 g/mol. The van der Waals surface area contributed by atoms with Crippen molar-refractivity contribution in [2.45, 2.75) is 25.6 Å². The highest BCUT2D eigenvalue weighted by atomic mass is 19.4. The third kappa shape index (κ3) is 3.20. The van der Waals surface area contributed by atoms with E-state index in [1.807, 2.05) is 13.0 Å². The summed E-state index contributed by atoms with van der Waals surface area (Å²) in [6.45, 7) is 3.06. The maximum absolute atomic E-state index is 12.6. The standard InChI is InChI=1S/C13H14F3N3O/c1-8(10-4-5-20-7-10)18-12-9(6-17)2-3-11(19-12)13(14,15)16/h2-3,8,10H,4-5,7H2,1H3,(H,18,19). The summed E-state index contributed by atoms with van der Waals surface area (Å²) >= 11 is 0. The fourth-order valence-electron chi connectivity index (χ4n) is 2.10. The van der Waals surface area contributed by atoms with E-state index in [9.17, 15) is 13.2 Å². The highest BCUT2D eigenvalue weighted by Gasteiger charge is 2.33. The third-order valence-corrected chi connectivity index (χ3v) is 3.34. The molecule has 108 valence electrons. The largest absolute Gasteiger partial charge is 0.433 e. The Balaban J connectivity index is 2.22. The van der Waals surface area contributed by atoms with Gasteiger partial charge >= 0.3 is 6.18 Å². The van der Waals surface area contributed by atoms with Crippen molar-refractivity contribution in [2.75, 3.05) is 18.5 Å². The number of halogens is 3. The van der Waals surface area contributed by atoms with Gasteiger partial charge in [0.2, 0.25) is 0 Å². The lowest BCUT2D eigenvalue weighted by molar-refractivity contribution is -0.141. The first kappa shape index (κ1) is 14.6. The van der Waals surface area contributed by atoms with Crippen LogP contribution in [0.4, 0.5) is 19.0 Å². The number of hydrogen-bond donors (Lipinski definition) is 1. The molecule has 0 aromatic carbocycles. The lowest BCUT2D eigenvalue weighted by Gasteiger charge is -2.21. The lowest BCUT2D eigenvalue weighted by atomic mass is 10.0. The molecule has 0 radical (unpaired) electrons. The van der Waals surface area contributed by atoms with E-state index < -0.39 is 11.9 Å². The summed E-state index contributed by atoms with van der Waals surface area (Å²) in [4.78, 5) is 3.53. The molecular formula is C13H14F3N3O. The molecule has 20 heavy (non-hydrogen) atoms. The quantitative estimate of drug-likeness (QED) is 0.927. The molecule has 7 heteroatoms. The molecule has 1 aliphatic heterocycles. The molecule has 2 atom stereocenters. The van der Waals surface area contributed by atoms with E-state index in [0.29, 0.717) is 13.2 Å². The number of nitrogens with zero attached hydrogens (tertiary/aromatic N) is 2. The summed E-state index contributed by atoms with van der Waals surface area (Å²) in [7, 11) is 0. The Morgan fingerprint density at radius 3 is 2.80 bits per heavy atom. The molecule has 1 N–H and O–H groups in total. The zero-order valence-electron chi connectivity index (χ0n) is 10.9. The summed E-state index contributed by atoms with van der Waals surface area (Å²) < 4.78 is 43.2. The normalized spacial score (nSPS) is 20.4. The van der Waals surface area contributed by atoms with Crippen molar-refractivity contribution in [1.82, 2.24) is 4.98 Å². The zero-order chi connectivity index (χ0) is 14.8. The first-order valence-corrected chi connectivity index (χ1v) is 6.24. The number of ether oxygens (including phenoxy) is 1. The highest BCUT2D eigenvalue weighted by Crippen LogP contribution is 2.30. The summed E-state index contributed by atoms with van der Waals surface area (Å²) in [5.41, 5.74) is -0.905. The first-order valence-electron chi connectivity index (χ1n) is 6.24. The monoisotopic (exact) mass is 285 g/mol. The van der Waals surface area contributed by atoms with Gasteiger partial charge < -0.3 is 10.1 Å². The van der Waals surface area contributed by atoms with Crippen LogP contribution in [-0.2, 0) is 10.9 Å². The van der Waals surface area contributed by atoms with Crippen molar-refractivity contribution in [1.29, 1.82) is 5.26 Å². The number of nitriles is 1. The van der Waals surface area contributed by atoms with Gasteiger partial charge in [0, 0.05) is 18.6 Å². The molecule has 1 aliphatic rings. The molecule has 0 spiro atoms.